The van der Waals surface area contributed by atoms with Crippen molar-refractivity contribution in [3.8, 4) is 11.4 Å². The Bertz CT molecular complexity index is 1170. The first-order valence-electron chi connectivity index (χ1n) is 10.3. The number of hydrogen-bond donors (Lipinski definition) is 0. The number of anilines is 3. The molecule has 0 spiro atoms. The van der Waals surface area contributed by atoms with Crippen LogP contribution in [-0.4, -0.2) is 9.97 Å². The van der Waals surface area contributed by atoms with Crippen molar-refractivity contribution >= 4 is 17.1 Å². The summed E-state index contributed by atoms with van der Waals surface area (Å²) in [6.07, 6.45) is 3.56. The zero-order valence-corrected chi connectivity index (χ0v) is 17.8. The van der Waals surface area contributed by atoms with Gasteiger partial charge < -0.3 is 4.90 Å². The molecule has 0 fully saturated rings. The Kier molecular flexibility index (Phi) is 4.21. The Morgan fingerprint density at radius 3 is 1.77 bits per heavy atom. The van der Waals surface area contributed by atoms with Gasteiger partial charge in [0.25, 0.3) is 0 Å². The number of nitrogens with zero attached hydrogens (tertiary/aromatic N) is 3. The fourth-order valence-electron chi connectivity index (χ4n) is 4.45. The molecule has 0 saturated carbocycles. The fraction of sp³-hybridized carbons (Fsp3) is 0.185. The number of hydrogen-bond acceptors (Lipinski definition) is 3. The summed E-state index contributed by atoms with van der Waals surface area (Å²) in [5.41, 5.74) is 9.87. The molecule has 30 heavy (non-hydrogen) atoms. The van der Waals surface area contributed by atoms with E-state index >= 15 is 0 Å². The van der Waals surface area contributed by atoms with Crippen molar-refractivity contribution in [2.24, 2.45) is 0 Å². The molecule has 2 heterocycles. The Morgan fingerprint density at radius 1 is 0.700 bits per heavy atom. The lowest BCUT2D eigenvalue weighted by Crippen LogP contribution is -2.30. The average molecular weight is 392 g/mol. The van der Waals surface area contributed by atoms with Crippen LogP contribution >= 0.6 is 0 Å². The smallest absolute Gasteiger partial charge is 0.159 e. The predicted octanol–water partition coefficient (Wildman–Crippen LogP) is 6.87. The fourth-order valence-corrected chi connectivity index (χ4v) is 4.45. The molecule has 3 heteroatoms. The second kappa shape index (κ2) is 6.81. The van der Waals surface area contributed by atoms with Crippen LogP contribution in [0.4, 0.5) is 17.1 Å². The summed E-state index contributed by atoms with van der Waals surface area (Å²) in [6.45, 7) is 9.00. The van der Waals surface area contributed by atoms with Crippen molar-refractivity contribution in [2.45, 2.75) is 33.1 Å². The summed E-state index contributed by atoms with van der Waals surface area (Å²) in [5.74, 6) is 0.746. The zero-order chi connectivity index (χ0) is 20.9. The number of aryl methyl sites for hydroxylation is 2. The molecule has 0 amide bonds. The monoisotopic (exact) mass is 391 g/mol. The molecule has 1 aromatic heterocycles. The van der Waals surface area contributed by atoms with Gasteiger partial charge in [-0.2, -0.15) is 0 Å². The van der Waals surface area contributed by atoms with E-state index in [1.807, 2.05) is 6.07 Å². The summed E-state index contributed by atoms with van der Waals surface area (Å²) in [4.78, 5) is 11.1. The van der Waals surface area contributed by atoms with Crippen molar-refractivity contribution in [1.82, 2.24) is 9.97 Å². The molecule has 4 aromatic rings. The SMILES string of the molecule is Cc1ccc2c(c1)C(C)(C)c1cc(C)ccc1N2c1ccc(-c2ncccn2)cc1. The van der Waals surface area contributed by atoms with Crippen LogP contribution in [0, 0.1) is 13.8 Å². The van der Waals surface area contributed by atoms with Crippen LogP contribution in [0.5, 0.6) is 0 Å². The van der Waals surface area contributed by atoms with E-state index in [4.69, 9.17) is 0 Å². The average Bonchev–Trinajstić information content (AvgIpc) is 2.76. The Hall–Kier alpha value is -3.46. The van der Waals surface area contributed by atoms with Crippen LogP contribution in [0.2, 0.25) is 0 Å². The lowest BCUT2D eigenvalue weighted by Gasteiger charge is -2.42. The highest BCUT2D eigenvalue weighted by molar-refractivity contribution is 5.86. The molecule has 1 aliphatic heterocycles. The van der Waals surface area contributed by atoms with Crippen molar-refractivity contribution < 1.29 is 0 Å². The van der Waals surface area contributed by atoms with Gasteiger partial charge in [0.2, 0.25) is 0 Å². The molecular formula is C27H25N3. The van der Waals surface area contributed by atoms with E-state index in [1.54, 1.807) is 12.4 Å². The molecule has 148 valence electrons. The van der Waals surface area contributed by atoms with Gasteiger partial charge in [-0.05, 0) is 67.4 Å². The molecule has 5 rings (SSSR count). The number of fused-ring (bicyclic) bond motifs is 2. The first-order chi connectivity index (χ1) is 14.4. The summed E-state index contributed by atoms with van der Waals surface area (Å²) in [7, 11) is 0. The van der Waals surface area contributed by atoms with E-state index in [2.05, 4.69) is 103 Å². The molecule has 0 radical (unpaired) electrons. The molecule has 0 saturated heterocycles. The second-order valence-electron chi connectivity index (χ2n) is 8.62. The Morgan fingerprint density at radius 2 is 1.23 bits per heavy atom. The van der Waals surface area contributed by atoms with E-state index in [9.17, 15) is 0 Å². The summed E-state index contributed by atoms with van der Waals surface area (Å²) in [5, 5.41) is 0. The van der Waals surface area contributed by atoms with Gasteiger partial charge in [-0.25, -0.2) is 9.97 Å². The van der Waals surface area contributed by atoms with Crippen LogP contribution in [0.25, 0.3) is 11.4 Å². The highest BCUT2D eigenvalue weighted by Crippen LogP contribution is 2.52. The van der Waals surface area contributed by atoms with E-state index in [-0.39, 0.29) is 5.41 Å². The lowest BCUT2D eigenvalue weighted by molar-refractivity contribution is 0.630. The highest BCUT2D eigenvalue weighted by atomic mass is 15.2. The van der Waals surface area contributed by atoms with E-state index in [1.165, 1.54) is 33.6 Å². The summed E-state index contributed by atoms with van der Waals surface area (Å²) >= 11 is 0. The first-order valence-corrected chi connectivity index (χ1v) is 10.3. The number of rotatable bonds is 2. The van der Waals surface area contributed by atoms with E-state index in [0.29, 0.717) is 0 Å². The standard InChI is InChI=1S/C27H25N3/c1-18-6-12-24-22(16-18)27(3,4)23-17-19(2)7-13-25(23)30(24)21-10-8-20(9-11-21)26-28-14-5-15-29-26/h5-17H,1-4H3. The van der Waals surface area contributed by atoms with Gasteiger partial charge in [-0.1, -0.05) is 49.2 Å². The largest absolute Gasteiger partial charge is 0.310 e. The van der Waals surface area contributed by atoms with Gasteiger partial charge in [0.05, 0.1) is 11.4 Å². The first kappa shape index (κ1) is 18.6. The third-order valence-corrected chi connectivity index (χ3v) is 6.08. The molecule has 0 unspecified atom stereocenters. The van der Waals surface area contributed by atoms with Crippen LogP contribution in [-0.2, 0) is 5.41 Å². The molecule has 1 aliphatic rings. The van der Waals surface area contributed by atoms with Crippen molar-refractivity contribution in [3.05, 3.63) is 101 Å². The van der Waals surface area contributed by atoms with Crippen molar-refractivity contribution in [3.63, 3.8) is 0 Å². The highest BCUT2D eigenvalue weighted by Gasteiger charge is 2.36. The van der Waals surface area contributed by atoms with E-state index in [0.717, 1.165) is 17.1 Å². The summed E-state index contributed by atoms with van der Waals surface area (Å²) in [6, 6.07) is 23.9. The van der Waals surface area contributed by atoms with Gasteiger partial charge >= 0.3 is 0 Å². The maximum atomic E-state index is 4.38. The quantitative estimate of drug-likeness (QED) is 0.373. The molecule has 3 nitrogen and oxygen atoms in total. The van der Waals surface area contributed by atoms with Crippen LogP contribution in [0.1, 0.15) is 36.1 Å². The maximum absolute atomic E-state index is 4.38. The molecule has 3 aromatic carbocycles. The molecular weight excluding hydrogens is 366 g/mol. The minimum absolute atomic E-state index is 0.0585. The Balaban J connectivity index is 1.69. The number of aromatic nitrogens is 2. The summed E-state index contributed by atoms with van der Waals surface area (Å²) < 4.78 is 0. The van der Waals surface area contributed by atoms with Gasteiger partial charge in [-0.15, -0.1) is 0 Å². The topological polar surface area (TPSA) is 29.0 Å². The van der Waals surface area contributed by atoms with Crippen molar-refractivity contribution in [1.29, 1.82) is 0 Å². The van der Waals surface area contributed by atoms with Crippen LogP contribution < -0.4 is 4.90 Å². The predicted molar refractivity (Wildman–Crippen MR) is 124 cm³/mol. The van der Waals surface area contributed by atoms with E-state index < -0.39 is 0 Å². The normalized spacial score (nSPS) is 14.2. The van der Waals surface area contributed by atoms with Gasteiger partial charge in [-0.3, -0.25) is 0 Å². The van der Waals surface area contributed by atoms with Crippen LogP contribution in [0.15, 0.2) is 79.1 Å². The minimum atomic E-state index is -0.0585. The van der Waals surface area contributed by atoms with Crippen LogP contribution in [0.3, 0.4) is 0 Å². The molecule has 0 bridgehead atoms. The zero-order valence-electron chi connectivity index (χ0n) is 17.8. The molecule has 0 N–H and O–H groups in total. The van der Waals surface area contributed by atoms with Gasteiger partial charge in [0.1, 0.15) is 0 Å². The third-order valence-electron chi connectivity index (χ3n) is 6.08. The maximum Gasteiger partial charge on any atom is 0.159 e. The van der Waals surface area contributed by atoms with Gasteiger partial charge in [0, 0.05) is 29.1 Å². The minimum Gasteiger partial charge on any atom is -0.310 e. The van der Waals surface area contributed by atoms with Gasteiger partial charge in [0.15, 0.2) is 5.82 Å². The lowest BCUT2D eigenvalue weighted by atomic mass is 9.72. The molecule has 0 aliphatic carbocycles. The molecule has 0 atom stereocenters. The number of benzene rings is 3. The Labute approximate surface area is 178 Å². The third kappa shape index (κ3) is 2.89. The van der Waals surface area contributed by atoms with Crippen molar-refractivity contribution in [2.75, 3.05) is 4.90 Å². The second-order valence-corrected chi connectivity index (χ2v) is 8.62.